The second-order valence-corrected chi connectivity index (χ2v) is 5.09. The van der Waals surface area contributed by atoms with Crippen LogP contribution in [0.2, 0.25) is 0 Å². The summed E-state index contributed by atoms with van der Waals surface area (Å²) in [5, 5.41) is 8.02. The quantitative estimate of drug-likeness (QED) is 0.716. The largest absolute Gasteiger partial charge is 0.325 e. The number of nitrogens with two attached hydrogens (primary N) is 1. The lowest BCUT2D eigenvalue weighted by atomic mass is 10.0. The van der Waals surface area contributed by atoms with Crippen molar-refractivity contribution < 1.29 is 0 Å². The number of aromatic nitrogens is 2. The summed E-state index contributed by atoms with van der Waals surface area (Å²) in [6.45, 7) is 9.03. The third kappa shape index (κ3) is 1.79. The van der Waals surface area contributed by atoms with E-state index in [1.165, 1.54) is 11.3 Å². The lowest BCUT2D eigenvalue weighted by Crippen LogP contribution is -2.31. The van der Waals surface area contributed by atoms with Crippen molar-refractivity contribution >= 4 is 0 Å². The number of fused-ring (bicyclic) bond motifs is 1. The normalized spacial score (nSPS) is 16.5. The summed E-state index contributed by atoms with van der Waals surface area (Å²) in [6.07, 6.45) is 1.05. The first-order chi connectivity index (χ1) is 7.04. The Bertz CT molecular complexity index is 359. The first-order valence-corrected chi connectivity index (χ1v) is 5.55. The number of rotatable bonds is 1. The molecule has 0 amide bonds. The van der Waals surface area contributed by atoms with E-state index in [0.717, 1.165) is 25.2 Å². The molecule has 84 valence electrons. The molecular weight excluding hydrogens is 188 g/mol. The van der Waals surface area contributed by atoms with Gasteiger partial charge in [0.25, 0.3) is 0 Å². The van der Waals surface area contributed by atoms with Gasteiger partial charge >= 0.3 is 0 Å². The molecule has 1 aliphatic rings. The molecule has 0 saturated heterocycles. The van der Waals surface area contributed by atoms with E-state index in [1.807, 2.05) is 0 Å². The average Bonchev–Trinajstić information content (AvgIpc) is 2.55. The third-order valence-corrected chi connectivity index (χ3v) is 2.85. The fraction of sp³-hybridized carbons (Fsp3) is 0.727. The molecule has 0 radical (unpaired) electrons. The lowest BCUT2D eigenvalue weighted by Gasteiger charge is -2.24. The average molecular weight is 208 g/mol. The summed E-state index contributed by atoms with van der Waals surface area (Å²) >= 11 is 0. The van der Waals surface area contributed by atoms with Crippen LogP contribution < -0.4 is 11.1 Å². The Morgan fingerprint density at radius 1 is 1.47 bits per heavy atom. The van der Waals surface area contributed by atoms with Gasteiger partial charge in [-0.2, -0.15) is 5.10 Å². The van der Waals surface area contributed by atoms with Gasteiger partial charge in [0.05, 0.1) is 16.9 Å². The smallest absolute Gasteiger partial charge is 0.0796 e. The maximum atomic E-state index is 5.73. The SMILES string of the molecule is CC(C)(C)n1nc(CN)c2c1CNCC2. The first kappa shape index (κ1) is 10.6. The molecule has 1 aromatic heterocycles. The Hall–Kier alpha value is -0.870. The molecule has 0 aromatic carbocycles. The number of hydrogen-bond donors (Lipinski definition) is 2. The van der Waals surface area contributed by atoms with E-state index in [2.05, 4.69) is 35.9 Å². The minimum absolute atomic E-state index is 0.0382. The highest BCUT2D eigenvalue weighted by Gasteiger charge is 2.25. The van der Waals surface area contributed by atoms with Gasteiger partial charge in [-0.25, -0.2) is 0 Å². The van der Waals surface area contributed by atoms with E-state index in [1.54, 1.807) is 0 Å². The Morgan fingerprint density at radius 3 is 2.80 bits per heavy atom. The zero-order valence-electron chi connectivity index (χ0n) is 9.80. The monoisotopic (exact) mass is 208 g/mol. The van der Waals surface area contributed by atoms with Gasteiger partial charge in [-0.3, -0.25) is 4.68 Å². The lowest BCUT2D eigenvalue weighted by molar-refractivity contribution is 0.336. The molecule has 2 heterocycles. The maximum Gasteiger partial charge on any atom is 0.0796 e. The highest BCUT2D eigenvalue weighted by molar-refractivity contribution is 5.29. The zero-order valence-corrected chi connectivity index (χ0v) is 9.80. The standard InChI is InChI=1S/C11H20N4/c1-11(2,3)15-10-7-13-5-4-8(10)9(6-12)14-15/h13H,4-7,12H2,1-3H3. The second-order valence-electron chi connectivity index (χ2n) is 5.09. The fourth-order valence-corrected chi connectivity index (χ4v) is 2.15. The van der Waals surface area contributed by atoms with Gasteiger partial charge in [0.2, 0.25) is 0 Å². The summed E-state index contributed by atoms with van der Waals surface area (Å²) in [6, 6.07) is 0. The van der Waals surface area contributed by atoms with Crippen molar-refractivity contribution in [1.82, 2.24) is 15.1 Å². The Morgan fingerprint density at radius 2 is 2.20 bits per heavy atom. The van der Waals surface area contributed by atoms with Crippen LogP contribution in [0.4, 0.5) is 0 Å². The van der Waals surface area contributed by atoms with Crippen molar-refractivity contribution in [2.24, 2.45) is 5.73 Å². The summed E-state index contributed by atoms with van der Waals surface area (Å²) in [4.78, 5) is 0. The molecule has 4 heteroatoms. The van der Waals surface area contributed by atoms with E-state index in [4.69, 9.17) is 5.73 Å². The second kappa shape index (κ2) is 3.61. The van der Waals surface area contributed by atoms with Gasteiger partial charge in [0.15, 0.2) is 0 Å². The summed E-state index contributed by atoms with van der Waals surface area (Å²) in [5.74, 6) is 0. The molecule has 1 aliphatic heterocycles. The van der Waals surface area contributed by atoms with Crippen LogP contribution in [0.15, 0.2) is 0 Å². The number of nitrogens with one attached hydrogen (secondary N) is 1. The van der Waals surface area contributed by atoms with E-state index in [0.29, 0.717) is 6.54 Å². The van der Waals surface area contributed by atoms with Crippen LogP contribution in [-0.2, 0) is 25.0 Å². The van der Waals surface area contributed by atoms with Crippen molar-refractivity contribution in [3.8, 4) is 0 Å². The van der Waals surface area contributed by atoms with Crippen LogP contribution in [0.5, 0.6) is 0 Å². The highest BCUT2D eigenvalue weighted by Crippen LogP contribution is 2.24. The van der Waals surface area contributed by atoms with Crippen molar-refractivity contribution in [3.05, 3.63) is 17.0 Å². The molecule has 0 spiro atoms. The predicted molar refractivity (Wildman–Crippen MR) is 60.5 cm³/mol. The van der Waals surface area contributed by atoms with Gasteiger partial charge in [-0.15, -0.1) is 0 Å². The molecule has 0 atom stereocenters. The third-order valence-electron chi connectivity index (χ3n) is 2.85. The summed E-state index contributed by atoms with van der Waals surface area (Å²) in [7, 11) is 0. The van der Waals surface area contributed by atoms with Gasteiger partial charge in [-0.05, 0) is 33.7 Å². The first-order valence-electron chi connectivity index (χ1n) is 5.55. The molecule has 0 bridgehead atoms. The minimum Gasteiger partial charge on any atom is -0.325 e. The van der Waals surface area contributed by atoms with Crippen molar-refractivity contribution in [2.45, 2.75) is 45.8 Å². The predicted octanol–water partition coefficient (Wildman–Crippen LogP) is 0.743. The van der Waals surface area contributed by atoms with Crippen LogP contribution in [-0.4, -0.2) is 16.3 Å². The molecule has 0 saturated carbocycles. The molecule has 15 heavy (non-hydrogen) atoms. The van der Waals surface area contributed by atoms with Crippen LogP contribution in [0.3, 0.4) is 0 Å². The van der Waals surface area contributed by atoms with E-state index in [9.17, 15) is 0 Å². The van der Waals surface area contributed by atoms with Gasteiger partial charge in [0, 0.05) is 18.7 Å². The Balaban J connectivity index is 2.52. The van der Waals surface area contributed by atoms with Crippen LogP contribution in [0.25, 0.3) is 0 Å². The summed E-state index contributed by atoms with van der Waals surface area (Å²) in [5.41, 5.74) is 9.52. The summed E-state index contributed by atoms with van der Waals surface area (Å²) < 4.78 is 2.12. The van der Waals surface area contributed by atoms with Crippen LogP contribution in [0, 0.1) is 0 Å². The van der Waals surface area contributed by atoms with Crippen LogP contribution in [0.1, 0.15) is 37.7 Å². The number of nitrogens with zero attached hydrogens (tertiary/aromatic N) is 2. The van der Waals surface area contributed by atoms with Crippen molar-refractivity contribution in [3.63, 3.8) is 0 Å². The van der Waals surface area contributed by atoms with Gasteiger partial charge < -0.3 is 11.1 Å². The maximum absolute atomic E-state index is 5.73. The van der Waals surface area contributed by atoms with E-state index < -0.39 is 0 Å². The Kier molecular flexibility index (Phi) is 2.56. The molecule has 3 N–H and O–H groups in total. The van der Waals surface area contributed by atoms with Gasteiger partial charge in [-0.1, -0.05) is 0 Å². The topological polar surface area (TPSA) is 55.9 Å². The number of hydrogen-bond acceptors (Lipinski definition) is 3. The van der Waals surface area contributed by atoms with Crippen molar-refractivity contribution in [1.29, 1.82) is 0 Å². The molecule has 2 rings (SSSR count). The van der Waals surface area contributed by atoms with Crippen molar-refractivity contribution in [2.75, 3.05) is 6.54 Å². The Labute approximate surface area is 90.8 Å². The molecule has 1 aromatic rings. The molecule has 4 nitrogen and oxygen atoms in total. The minimum atomic E-state index is 0.0382. The van der Waals surface area contributed by atoms with Crippen LogP contribution >= 0.6 is 0 Å². The highest BCUT2D eigenvalue weighted by atomic mass is 15.3. The van der Waals surface area contributed by atoms with Gasteiger partial charge in [0.1, 0.15) is 0 Å². The molecule has 0 unspecified atom stereocenters. The fourth-order valence-electron chi connectivity index (χ4n) is 2.15. The molecular formula is C11H20N4. The molecule has 0 fully saturated rings. The molecule has 0 aliphatic carbocycles. The van der Waals surface area contributed by atoms with E-state index >= 15 is 0 Å². The van der Waals surface area contributed by atoms with E-state index in [-0.39, 0.29) is 5.54 Å². The zero-order chi connectivity index (χ0) is 11.1.